The number of imidazole rings is 1. The van der Waals surface area contributed by atoms with Crippen LogP contribution in [0.5, 0.6) is 0 Å². The van der Waals surface area contributed by atoms with Crippen LogP contribution in [-0.2, 0) is 0 Å². The maximum atomic E-state index is 12.4. The minimum absolute atomic E-state index is 0.0484. The molecule has 0 atom stereocenters. The quantitative estimate of drug-likeness (QED) is 0.618. The highest BCUT2D eigenvalue weighted by molar-refractivity contribution is 5.39. The molecular weight excluding hydrogens is 277 g/mol. The first kappa shape index (κ1) is 14.0. The summed E-state index contributed by atoms with van der Waals surface area (Å²) in [7, 11) is 1.22. The van der Waals surface area contributed by atoms with Crippen molar-refractivity contribution in [2.24, 2.45) is 5.84 Å². The van der Waals surface area contributed by atoms with E-state index in [9.17, 15) is 13.2 Å². The minimum atomic E-state index is -4.37. The number of anilines is 2. The Bertz CT molecular complexity index is 567. The topological polar surface area (TPSA) is 97.8 Å². The van der Waals surface area contributed by atoms with Gasteiger partial charge in [-0.2, -0.15) is 28.1 Å². The molecule has 108 valence electrons. The molecule has 2 heterocycles. The van der Waals surface area contributed by atoms with Gasteiger partial charge < -0.3 is 4.90 Å². The Balaban J connectivity index is 2.36. The molecule has 0 fully saturated rings. The van der Waals surface area contributed by atoms with Gasteiger partial charge in [0, 0.05) is 19.4 Å². The average molecular weight is 288 g/mol. The van der Waals surface area contributed by atoms with Crippen LogP contribution in [0.3, 0.4) is 0 Å². The number of aromatic nitrogens is 5. The van der Waals surface area contributed by atoms with Crippen molar-refractivity contribution in [3.8, 4) is 5.95 Å². The van der Waals surface area contributed by atoms with Crippen LogP contribution in [-0.4, -0.2) is 44.3 Å². The monoisotopic (exact) mass is 288 g/mol. The lowest BCUT2D eigenvalue weighted by molar-refractivity contribution is -0.119. The zero-order valence-electron chi connectivity index (χ0n) is 10.3. The highest BCUT2D eigenvalue weighted by Crippen LogP contribution is 2.19. The molecule has 0 aliphatic rings. The van der Waals surface area contributed by atoms with Crippen molar-refractivity contribution < 1.29 is 13.2 Å². The maximum Gasteiger partial charge on any atom is 0.406 e. The summed E-state index contributed by atoms with van der Waals surface area (Å²) in [5.41, 5.74) is 2.18. The van der Waals surface area contributed by atoms with Crippen LogP contribution in [0, 0.1) is 0 Å². The molecule has 0 amide bonds. The first-order valence-electron chi connectivity index (χ1n) is 5.38. The van der Waals surface area contributed by atoms with Crippen molar-refractivity contribution in [2.45, 2.75) is 6.18 Å². The second-order valence-electron chi connectivity index (χ2n) is 3.84. The summed E-state index contributed by atoms with van der Waals surface area (Å²) in [6, 6.07) is 0. The van der Waals surface area contributed by atoms with Crippen LogP contribution < -0.4 is 16.2 Å². The summed E-state index contributed by atoms with van der Waals surface area (Å²) >= 11 is 0. The first-order chi connectivity index (χ1) is 9.39. The minimum Gasteiger partial charge on any atom is -0.335 e. The highest BCUT2D eigenvalue weighted by atomic mass is 19.4. The van der Waals surface area contributed by atoms with Gasteiger partial charge in [0.15, 0.2) is 0 Å². The Morgan fingerprint density at radius 2 is 2.10 bits per heavy atom. The molecule has 0 spiro atoms. The van der Waals surface area contributed by atoms with E-state index in [1.165, 1.54) is 24.1 Å². The number of halogens is 3. The fourth-order valence-corrected chi connectivity index (χ4v) is 1.42. The zero-order chi connectivity index (χ0) is 14.8. The number of alkyl halides is 3. The second kappa shape index (κ2) is 5.28. The number of nitrogens with one attached hydrogen (secondary N) is 1. The van der Waals surface area contributed by atoms with E-state index in [4.69, 9.17) is 5.84 Å². The number of hydrogen-bond acceptors (Lipinski definition) is 7. The third kappa shape index (κ3) is 3.32. The van der Waals surface area contributed by atoms with Gasteiger partial charge in [0.1, 0.15) is 12.9 Å². The van der Waals surface area contributed by atoms with Gasteiger partial charge in [-0.05, 0) is 0 Å². The smallest absolute Gasteiger partial charge is 0.335 e. The Labute approximate surface area is 111 Å². The van der Waals surface area contributed by atoms with Gasteiger partial charge in [-0.1, -0.05) is 0 Å². The number of nitrogens with zero attached hydrogens (tertiary/aromatic N) is 6. The molecule has 0 saturated carbocycles. The van der Waals surface area contributed by atoms with Crippen molar-refractivity contribution in [1.29, 1.82) is 0 Å². The van der Waals surface area contributed by atoms with Crippen molar-refractivity contribution in [3.63, 3.8) is 0 Å². The predicted molar refractivity (Wildman–Crippen MR) is 64.1 cm³/mol. The van der Waals surface area contributed by atoms with Gasteiger partial charge in [-0.25, -0.2) is 10.8 Å². The summed E-state index contributed by atoms with van der Waals surface area (Å²) in [6.07, 6.45) is 0.0671. The maximum absolute atomic E-state index is 12.4. The van der Waals surface area contributed by atoms with E-state index >= 15 is 0 Å². The van der Waals surface area contributed by atoms with E-state index in [1.54, 1.807) is 6.20 Å². The number of nitrogen functional groups attached to an aromatic ring is 1. The van der Waals surface area contributed by atoms with E-state index in [0.717, 1.165) is 4.90 Å². The van der Waals surface area contributed by atoms with Crippen molar-refractivity contribution in [1.82, 2.24) is 24.5 Å². The summed E-state index contributed by atoms with van der Waals surface area (Å²) in [4.78, 5) is 16.3. The van der Waals surface area contributed by atoms with Gasteiger partial charge in [0.05, 0.1) is 0 Å². The molecule has 11 heteroatoms. The molecule has 0 aliphatic heterocycles. The average Bonchev–Trinajstić information content (AvgIpc) is 2.90. The molecular formula is C9H11F3N8. The molecule has 8 nitrogen and oxygen atoms in total. The SMILES string of the molecule is CN(CC(F)(F)F)c1nc(NN)nc(-n2ccnc2)n1. The van der Waals surface area contributed by atoms with Crippen LogP contribution in [0.15, 0.2) is 18.7 Å². The fraction of sp³-hybridized carbons (Fsp3) is 0.333. The standard InChI is InChI=1S/C9H11F3N8/c1-19(4-9(10,11)12)7-15-6(18-13)16-8(17-7)20-3-2-14-5-20/h2-3,5H,4,13H2,1H3,(H,15,16,17,18). The molecule has 0 aliphatic carbocycles. The highest BCUT2D eigenvalue weighted by Gasteiger charge is 2.30. The Morgan fingerprint density at radius 1 is 1.35 bits per heavy atom. The molecule has 0 unspecified atom stereocenters. The molecule has 3 N–H and O–H groups in total. The van der Waals surface area contributed by atoms with Crippen LogP contribution >= 0.6 is 0 Å². The molecule has 0 radical (unpaired) electrons. The van der Waals surface area contributed by atoms with E-state index in [-0.39, 0.29) is 17.8 Å². The van der Waals surface area contributed by atoms with Crippen molar-refractivity contribution in [3.05, 3.63) is 18.7 Å². The third-order valence-electron chi connectivity index (χ3n) is 2.23. The summed E-state index contributed by atoms with van der Waals surface area (Å²) < 4.78 is 38.6. The summed E-state index contributed by atoms with van der Waals surface area (Å²) in [5.74, 6) is 5.10. The van der Waals surface area contributed by atoms with E-state index in [2.05, 4.69) is 25.4 Å². The normalized spacial score (nSPS) is 11.4. The zero-order valence-corrected chi connectivity index (χ0v) is 10.3. The van der Waals surface area contributed by atoms with Crippen molar-refractivity contribution in [2.75, 3.05) is 23.9 Å². The number of hydrazine groups is 1. The lowest BCUT2D eigenvalue weighted by Crippen LogP contribution is -2.32. The molecule has 2 aromatic heterocycles. The Hall–Kier alpha value is -2.43. The summed E-state index contributed by atoms with van der Waals surface area (Å²) in [6.45, 7) is -1.19. The van der Waals surface area contributed by atoms with Gasteiger partial charge >= 0.3 is 6.18 Å². The molecule has 0 bridgehead atoms. The fourth-order valence-electron chi connectivity index (χ4n) is 1.42. The predicted octanol–water partition coefficient (Wildman–Crippen LogP) is 0.341. The molecule has 0 saturated heterocycles. The second-order valence-corrected chi connectivity index (χ2v) is 3.84. The van der Waals surface area contributed by atoms with Crippen LogP contribution in [0.2, 0.25) is 0 Å². The number of rotatable bonds is 4. The lowest BCUT2D eigenvalue weighted by Gasteiger charge is -2.19. The van der Waals surface area contributed by atoms with E-state index in [0.29, 0.717) is 0 Å². The van der Waals surface area contributed by atoms with E-state index < -0.39 is 12.7 Å². The van der Waals surface area contributed by atoms with Gasteiger partial charge in [0.25, 0.3) is 0 Å². The van der Waals surface area contributed by atoms with Gasteiger partial charge in [-0.3, -0.25) is 9.99 Å². The van der Waals surface area contributed by atoms with Crippen LogP contribution in [0.25, 0.3) is 5.95 Å². The molecule has 0 aromatic carbocycles. The number of nitrogens with two attached hydrogens (primary N) is 1. The van der Waals surface area contributed by atoms with Crippen LogP contribution in [0.1, 0.15) is 0 Å². The Kier molecular flexibility index (Phi) is 3.70. The lowest BCUT2D eigenvalue weighted by atomic mass is 10.5. The largest absolute Gasteiger partial charge is 0.406 e. The summed E-state index contributed by atoms with van der Waals surface area (Å²) in [5, 5.41) is 0. The first-order valence-corrected chi connectivity index (χ1v) is 5.38. The van der Waals surface area contributed by atoms with Crippen LogP contribution in [0.4, 0.5) is 25.1 Å². The third-order valence-corrected chi connectivity index (χ3v) is 2.23. The molecule has 2 aromatic rings. The number of hydrogen-bond donors (Lipinski definition) is 2. The van der Waals surface area contributed by atoms with Gasteiger partial charge in [0.2, 0.25) is 17.8 Å². The van der Waals surface area contributed by atoms with Gasteiger partial charge in [-0.15, -0.1) is 0 Å². The molecule has 2 rings (SSSR count). The van der Waals surface area contributed by atoms with Crippen molar-refractivity contribution >= 4 is 11.9 Å². The Morgan fingerprint density at radius 3 is 2.65 bits per heavy atom. The van der Waals surface area contributed by atoms with E-state index in [1.807, 2.05) is 0 Å². The molecule has 20 heavy (non-hydrogen) atoms.